The molecule has 1 atom stereocenters. The van der Waals surface area contributed by atoms with Crippen LogP contribution < -0.4 is 0 Å². The number of carbonyl (C=O) groups is 1. The van der Waals surface area contributed by atoms with Gasteiger partial charge < -0.3 is 10.0 Å². The average molecular weight is 232 g/mol. The van der Waals surface area contributed by atoms with E-state index in [0.29, 0.717) is 12.3 Å². The Kier molecular flexibility index (Phi) is 3.21. The molecule has 1 saturated carbocycles. The molecule has 0 bridgehead atoms. The van der Waals surface area contributed by atoms with Gasteiger partial charge in [-0.1, -0.05) is 12.8 Å². The number of aliphatic hydroxyl groups is 1. The van der Waals surface area contributed by atoms with E-state index in [4.69, 9.17) is 11.6 Å². The van der Waals surface area contributed by atoms with Crippen molar-refractivity contribution >= 4 is 17.5 Å². The largest absolute Gasteiger partial charge is 0.394 e. The number of halogens is 1. The molecule has 0 aromatic heterocycles. The second-order valence-corrected chi connectivity index (χ2v) is 5.13. The van der Waals surface area contributed by atoms with Crippen molar-refractivity contribution in [3.05, 3.63) is 0 Å². The molecule has 2 aliphatic rings. The van der Waals surface area contributed by atoms with Gasteiger partial charge in [0.05, 0.1) is 12.1 Å². The molecule has 0 spiro atoms. The number of carbonyl (C=O) groups excluding carboxylic acids is 1. The average Bonchev–Trinajstić information content (AvgIpc) is 2.84. The molecule has 1 heterocycles. The van der Waals surface area contributed by atoms with Crippen LogP contribution in [-0.4, -0.2) is 40.5 Å². The molecule has 1 unspecified atom stereocenters. The van der Waals surface area contributed by atoms with Crippen LogP contribution in [0.5, 0.6) is 0 Å². The SMILES string of the molecule is O=C1CC(CCl)CN1C1(CO)CCCC1. The van der Waals surface area contributed by atoms with Crippen LogP contribution >= 0.6 is 11.6 Å². The van der Waals surface area contributed by atoms with Crippen LogP contribution in [0.25, 0.3) is 0 Å². The van der Waals surface area contributed by atoms with Gasteiger partial charge in [0.15, 0.2) is 0 Å². The Morgan fingerprint density at radius 3 is 2.60 bits per heavy atom. The van der Waals surface area contributed by atoms with E-state index in [1.807, 2.05) is 4.90 Å². The number of amides is 1. The first-order valence-corrected chi connectivity index (χ1v) is 6.22. The molecule has 2 fully saturated rings. The second-order valence-electron chi connectivity index (χ2n) is 4.82. The van der Waals surface area contributed by atoms with E-state index in [1.54, 1.807) is 0 Å². The number of likely N-dealkylation sites (tertiary alicyclic amines) is 1. The summed E-state index contributed by atoms with van der Waals surface area (Å²) in [5.74, 6) is 1.00. The van der Waals surface area contributed by atoms with Crippen molar-refractivity contribution in [2.75, 3.05) is 19.0 Å². The lowest BCUT2D eigenvalue weighted by Gasteiger charge is -2.37. The van der Waals surface area contributed by atoms with Gasteiger partial charge in [-0.15, -0.1) is 11.6 Å². The molecule has 15 heavy (non-hydrogen) atoms. The van der Waals surface area contributed by atoms with E-state index in [-0.39, 0.29) is 24.0 Å². The predicted molar refractivity (Wildman–Crippen MR) is 58.8 cm³/mol. The minimum Gasteiger partial charge on any atom is -0.394 e. The van der Waals surface area contributed by atoms with Crippen molar-refractivity contribution in [3.8, 4) is 0 Å². The summed E-state index contributed by atoms with van der Waals surface area (Å²) in [5, 5.41) is 9.53. The van der Waals surface area contributed by atoms with Gasteiger partial charge in [-0.05, 0) is 18.8 Å². The smallest absolute Gasteiger partial charge is 0.223 e. The van der Waals surface area contributed by atoms with Gasteiger partial charge in [-0.25, -0.2) is 0 Å². The molecule has 1 amide bonds. The summed E-state index contributed by atoms with van der Waals surface area (Å²) in [4.78, 5) is 13.7. The highest BCUT2D eigenvalue weighted by atomic mass is 35.5. The third-order valence-electron chi connectivity index (χ3n) is 3.82. The molecule has 0 aromatic rings. The summed E-state index contributed by atoms with van der Waals surface area (Å²) >= 11 is 5.79. The Morgan fingerprint density at radius 1 is 1.47 bits per heavy atom. The topological polar surface area (TPSA) is 40.5 Å². The molecule has 86 valence electrons. The Morgan fingerprint density at radius 2 is 2.13 bits per heavy atom. The van der Waals surface area contributed by atoms with Gasteiger partial charge in [-0.3, -0.25) is 4.79 Å². The van der Waals surface area contributed by atoms with Crippen LogP contribution in [-0.2, 0) is 4.79 Å². The monoisotopic (exact) mass is 231 g/mol. The highest BCUT2D eigenvalue weighted by molar-refractivity contribution is 6.18. The van der Waals surface area contributed by atoms with Gasteiger partial charge in [-0.2, -0.15) is 0 Å². The summed E-state index contributed by atoms with van der Waals surface area (Å²) in [6, 6.07) is 0. The second kappa shape index (κ2) is 4.30. The van der Waals surface area contributed by atoms with Gasteiger partial charge in [0, 0.05) is 18.8 Å². The molecule has 3 nitrogen and oxygen atoms in total. The van der Waals surface area contributed by atoms with Crippen molar-refractivity contribution < 1.29 is 9.90 Å². The zero-order valence-electron chi connectivity index (χ0n) is 8.91. The molecular weight excluding hydrogens is 214 g/mol. The van der Waals surface area contributed by atoms with E-state index >= 15 is 0 Å². The van der Waals surface area contributed by atoms with Crippen molar-refractivity contribution in [2.24, 2.45) is 5.92 Å². The number of nitrogens with zero attached hydrogens (tertiary/aromatic N) is 1. The van der Waals surface area contributed by atoms with E-state index in [0.717, 1.165) is 32.2 Å². The molecule has 0 radical (unpaired) electrons. The lowest BCUT2D eigenvalue weighted by molar-refractivity contribution is -0.134. The standard InChI is InChI=1S/C11H18ClNO2/c12-6-9-5-10(15)13(7-9)11(8-14)3-1-2-4-11/h9,14H,1-8H2. The van der Waals surface area contributed by atoms with Crippen molar-refractivity contribution in [1.82, 2.24) is 4.90 Å². The summed E-state index contributed by atoms with van der Waals surface area (Å²) in [6.07, 6.45) is 4.70. The Balaban J connectivity index is 2.12. The third-order valence-corrected chi connectivity index (χ3v) is 4.26. The Labute approximate surface area is 95.4 Å². The molecule has 1 aliphatic heterocycles. The Hall–Kier alpha value is -0.280. The molecule has 1 N–H and O–H groups in total. The van der Waals surface area contributed by atoms with Crippen molar-refractivity contribution in [1.29, 1.82) is 0 Å². The van der Waals surface area contributed by atoms with Gasteiger partial charge in [0.25, 0.3) is 0 Å². The molecule has 2 rings (SSSR count). The number of hydrogen-bond donors (Lipinski definition) is 1. The molecule has 0 aromatic carbocycles. The normalized spacial score (nSPS) is 30.1. The lowest BCUT2D eigenvalue weighted by atomic mass is 9.96. The van der Waals surface area contributed by atoms with Crippen LogP contribution in [0.1, 0.15) is 32.1 Å². The maximum atomic E-state index is 11.9. The minimum absolute atomic E-state index is 0.105. The van der Waals surface area contributed by atoms with Crippen molar-refractivity contribution in [2.45, 2.75) is 37.6 Å². The van der Waals surface area contributed by atoms with E-state index in [1.165, 1.54) is 0 Å². The minimum atomic E-state index is -0.252. The predicted octanol–water partition coefficient (Wildman–Crippen LogP) is 1.38. The van der Waals surface area contributed by atoms with Gasteiger partial charge in [0.2, 0.25) is 5.91 Å². The number of alkyl halides is 1. The summed E-state index contributed by atoms with van der Waals surface area (Å²) in [6.45, 7) is 0.844. The zero-order chi connectivity index (χ0) is 10.9. The lowest BCUT2D eigenvalue weighted by Crippen LogP contribution is -2.50. The highest BCUT2D eigenvalue weighted by Crippen LogP contribution is 2.38. The van der Waals surface area contributed by atoms with Crippen LogP contribution in [0.3, 0.4) is 0 Å². The van der Waals surface area contributed by atoms with Gasteiger partial charge >= 0.3 is 0 Å². The fraction of sp³-hybridized carbons (Fsp3) is 0.909. The van der Waals surface area contributed by atoms with E-state index < -0.39 is 0 Å². The van der Waals surface area contributed by atoms with Crippen molar-refractivity contribution in [3.63, 3.8) is 0 Å². The molecule has 1 saturated heterocycles. The third kappa shape index (κ3) is 1.87. The van der Waals surface area contributed by atoms with Gasteiger partial charge in [0.1, 0.15) is 0 Å². The fourth-order valence-corrected chi connectivity index (χ4v) is 3.10. The summed E-state index contributed by atoms with van der Waals surface area (Å²) in [7, 11) is 0. The zero-order valence-corrected chi connectivity index (χ0v) is 9.67. The van der Waals surface area contributed by atoms with Crippen LogP contribution in [0.15, 0.2) is 0 Å². The van der Waals surface area contributed by atoms with Crippen LogP contribution in [0, 0.1) is 5.92 Å². The first kappa shape index (κ1) is 11.2. The number of aliphatic hydroxyl groups excluding tert-OH is 1. The van der Waals surface area contributed by atoms with E-state index in [2.05, 4.69) is 0 Å². The Bertz CT molecular complexity index is 251. The maximum absolute atomic E-state index is 11.9. The van der Waals surface area contributed by atoms with Crippen LogP contribution in [0.4, 0.5) is 0 Å². The van der Waals surface area contributed by atoms with Crippen LogP contribution in [0.2, 0.25) is 0 Å². The first-order chi connectivity index (χ1) is 7.22. The number of hydrogen-bond acceptors (Lipinski definition) is 2. The molecule has 4 heteroatoms. The maximum Gasteiger partial charge on any atom is 0.223 e. The number of rotatable bonds is 3. The highest BCUT2D eigenvalue weighted by Gasteiger charge is 2.45. The fourth-order valence-electron chi connectivity index (χ4n) is 2.89. The first-order valence-electron chi connectivity index (χ1n) is 5.69. The summed E-state index contributed by atoms with van der Waals surface area (Å²) < 4.78 is 0. The quantitative estimate of drug-likeness (QED) is 0.746. The van der Waals surface area contributed by atoms with E-state index in [9.17, 15) is 9.90 Å². The molecule has 1 aliphatic carbocycles. The summed E-state index contributed by atoms with van der Waals surface area (Å²) in [5.41, 5.74) is -0.252. The molecular formula is C11H18ClNO2.